The molecule has 1 aromatic carbocycles. The van der Waals surface area contributed by atoms with Crippen LogP contribution >= 0.6 is 0 Å². The molecule has 2 aromatic rings. The zero-order valence-corrected chi connectivity index (χ0v) is 18.1. The van der Waals surface area contributed by atoms with Crippen molar-refractivity contribution in [3.8, 4) is 5.75 Å². The summed E-state index contributed by atoms with van der Waals surface area (Å²) in [4.78, 5) is 44.8. The van der Waals surface area contributed by atoms with Gasteiger partial charge in [-0.1, -0.05) is 0 Å². The van der Waals surface area contributed by atoms with Gasteiger partial charge in [-0.3, -0.25) is 40.5 Å². The lowest BCUT2D eigenvalue weighted by Crippen LogP contribution is -2.25. The maximum absolute atomic E-state index is 10.4. The van der Waals surface area contributed by atoms with E-state index in [0.717, 1.165) is 36.9 Å². The van der Waals surface area contributed by atoms with Gasteiger partial charge in [-0.2, -0.15) is 0 Å². The highest BCUT2D eigenvalue weighted by Crippen LogP contribution is 2.38. The number of H-pyrrole nitrogens is 1. The molecule has 0 amide bonds. The summed E-state index contributed by atoms with van der Waals surface area (Å²) >= 11 is 0. The van der Waals surface area contributed by atoms with Crippen molar-refractivity contribution in [3.05, 3.63) is 82.3 Å². The normalized spacial score (nSPS) is 10.6. The Morgan fingerprint density at radius 3 is 2.06 bits per heavy atom. The quantitative estimate of drug-likeness (QED) is 0.204. The summed E-state index contributed by atoms with van der Waals surface area (Å²) in [6.45, 7) is 2.70. The van der Waals surface area contributed by atoms with Crippen LogP contribution in [0.15, 0.2) is 30.5 Å². The van der Waals surface area contributed by atoms with Crippen molar-refractivity contribution in [2.24, 2.45) is 0 Å². The number of aryl methyl sites for hydroxylation is 2. The van der Waals surface area contributed by atoms with Crippen LogP contribution in [-0.4, -0.2) is 48.4 Å². The number of unbranched alkanes of at least 4 members (excludes halogenated alkanes) is 1. The molecule has 0 saturated carbocycles. The summed E-state index contributed by atoms with van der Waals surface area (Å²) in [5, 5.41) is 56.2. The minimum absolute atomic E-state index is 0.427. The average molecular weight is 482 g/mol. The van der Waals surface area contributed by atoms with E-state index in [1.165, 1.54) is 0 Å². The molecule has 17 nitrogen and oxygen atoms in total. The summed E-state index contributed by atoms with van der Waals surface area (Å²) in [5.41, 5.74) is -0.810. The van der Waals surface area contributed by atoms with Crippen LogP contribution in [0.1, 0.15) is 24.2 Å². The van der Waals surface area contributed by atoms with Gasteiger partial charge in [-0.05, 0) is 26.2 Å². The molecule has 1 aromatic heterocycles. The van der Waals surface area contributed by atoms with Crippen LogP contribution in [0.4, 0.5) is 17.1 Å². The third kappa shape index (κ3) is 8.36. The SMILES string of the molecule is CNC(=C[N+](=O)[O-])NCCCCc1nc[nH]c1C.O=[N+]([O-])c1cc([N+](=O)[O-])c(O)c([N+](=O)[O-])c1. The Labute approximate surface area is 191 Å². The number of rotatable bonds is 11. The Hall–Kier alpha value is -4.83. The largest absolute Gasteiger partial charge is 0.497 e. The predicted octanol–water partition coefficient (Wildman–Crippen LogP) is 2.04. The number of nitro benzene ring substituents is 3. The molecular formula is C17H22N8O9. The van der Waals surface area contributed by atoms with E-state index in [0.29, 0.717) is 24.5 Å². The fraction of sp³-hybridized carbons (Fsp3) is 0.353. The van der Waals surface area contributed by atoms with Gasteiger partial charge in [0.05, 0.1) is 43.8 Å². The molecule has 0 bridgehead atoms. The van der Waals surface area contributed by atoms with Gasteiger partial charge in [-0.25, -0.2) is 4.98 Å². The highest BCUT2D eigenvalue weighted by atomic mass is 16.6. The van der Waals surface area contributed by atoms with Crippen molar-refractivity contribution in [2.45, 2.75) is 26.2 Å². The molecule has 2 rings (SSSR count). The van der Waals surface area contributed by atoms with Gasteiger partial charge in [0.25, 0.3) is 17.6 Å². The molecule has 0 saturated heterocycles. The lowest BCUT2D eigenvalue weighted by molar-refractivity contribution is -0.404. The molecule has 17 heteroatoms. The number of aromatic hydroxyl groups is 1. The minimum atomic E-state index is -1.21. The summed E-state index contributed by atoms with van der Waals surface area (Å²) in [6.07, 6.45) is 5.47. The first-order valence-corrected chi connectivity index (χ1v) is 9.53. The number of hydrogen-bond acceptors (Lipinski definition) is 12. The van der Waals surface area contributed by atoms with Crippen molar-refractivity contribution >= 4 is 17.1 Å². The molecule has 0 aliphatic heterocycles. The lowest BCUT2D eigenvalue weighted by atomic mass is 10.1. The first-order valence-electron chi connectivity index (χ1n) is 9.53. The number of imidazole rings is 1. The standard InChI is InChI=1S/C11H19N5O2.C6H3N3O7/c1-9-10(15-8-14-9)5-3-4-6-13-11(12-2)7-16(17)18;10-6-4(8(13)14)1-3(7(11)12)2-5(6)9(15)16/h7-8,12-13H,3-6H2,1-2H3,(H,14,15);1-2,10H. The zero-order chi connectivity index (χ0) is 25.8. The number of hydrogen-bond donors (Lipinski definition) is 4. The maximum Gasteiger partial charge on any atom is 0.324 e. The van der Waals surface area contributed by atoms with E-state index in [2.05, 4.69) is 20.6 Å². The molecule has 0 atom stereocenters. The number of benzene rings is 1. The first-order chi connectivity index (χ1) is 16.0. The zero-order valence-electron chi connectivity index (χ0n) is 18.1. The van der Waals surface area contributed by atoms with Crippen LogP contribution in [0, 0.1) is 47.4 Å². The Balaban J connectivity index is 0.000000342. The molecule has 0 spiro atoms. The molecule has 184 valence electrons. The molecule has 0 aliphatic rings. The summed E-state index contributed by atoms with van der Waals surface area (Å²) in [6, 6.07) is 0.894. The van der Waals surface area contributed by atoms with Crippen LogP contribution in [0.2, 0.25) is 0 Å². The number of non-ortho nitro benzene ring substituents is 1. The molecular weight excluding hydrogens is 460 g/mol. The fourth-order valence-corrected chi connectivity index (χ4v) is 2.56. The molecule has 0 radical (unpaired) electrons. The summed E-state index contributed by atoms with van der Waals surface area (Å²) in [5.74, 6) is -0.781. The number of nitro groups is 4. The summed E-state index contributed by atoms with van der Waals surface area (Å²) in [7, 11) is 1.65. The number of nitrogens with one attached hydrogen (secondary N) is 3. The molecule has 0 fully saturated rings. The number of nitrogens with zero attached hydrogens (tertiary/aromatic N) is 5. The molecule has 0 unspecified atom stereocenters. The second-order valence-corrected chi connectivity index (χ2v) is 6.54. The average Bonchev–Trinajstić information content (AvgIpc) is 3.17. The Morgan fingerprint density at radius 2 is 1.65 bits per heavy atom. The second kappa shape index (κ2) is 12.9. The second-order valence-electron chi connectivity index (χ2n) is 6.54. The van der Waals surface area contributed by atoms with E-state index in [-0.39, 0.29) is 0 Å². The van der Waals surface area contributed by atoms with Crippen molar-refractivity contribution in [3.63, 3.8) is 0 Å². The van der Waals surface area contributed by atoms with Crippen molar-refractivity contribution in [2.75, 3.05) is 13.6 Å². The van der Waals surface area contributed by atoms with Crippen molar-refractivity contribution < 1.29 is 24.8 Å². The van der Waals surface area contributed by atoms with Gasteiger partial charge in [0.1, 0.15) is 0 Å². The predicted molar refractivity (Wildman–Crippen MR) is 116 cm³/mol. The van der Waals surface area contributed by atoms with Gasteiger partial charge in [-0.15, -0.1) is 0 Å². The van der Waals surface area contributed by atoms with Gasteiger partial charge in [0.15, 0.2) is 5.82 Å². The number of phenolic OH excluding ortho intramolecular Hbond substituents is 1. The van der Waals surface area contributed by atoms with Crippen molar-refractivity contribution in [1.29, 1.82) is 0 Å². The Morgan fingerprint density at radius 1 is 1.06 bits per heavy atom. The Bertz CT molecular complexity index is 1050. The maximum atomic E-state index is 10.4. The van der Waals surface area contributed by atoms with Gasteiger partial charge in [0.2, 0.25) is 0 Å². The van der Waals surface area contributed by atoms with Crippen LogP contribution < -0.4 is 10.6 Å². The third-order valence-corrected chi connectivity index (χ3v) is 4.25. The van der Waals surface area contributed by atoms with E-state index in [1.54, 1.807) is 13.4 Å². The molecule has 34 heavy (non-hydrogen) atoms. The van der Waals surface area contributed by atoms with Crippen molar-refractivity contribution in [1.82, 2.24) is 20.6 Å². The first kappa shape index (κ1) is 27.2. The highest BCUT2D eigenvalue weighted by Gasteiger charge is 2.30. The van der Waals surface area contributed by atoms with Gasteiger partial charge >= 0.3 is 11.4 Å². The third-order valence-electron chi connectivity index (χ3n) is 4.25. The van der Waals surface area contributed by atoms with E-state index in [4.69, 9.17) is 5.11 Å². The van der Waals surface area contributed by atoms with E-state index >= 15 is 0 Å². The summed E-state index contributed by atoms with van der Waals surface area (Å²) < 4.78 is 0. The Kier molecular flexibility index (Phi) is 10.3. The topological polar surface area (TPSA) is 246 Å². The van der Waals surface area contributed by atoms with Crippen LogP contribution in [0.5, 0.6) is 5.75 Å². The molecule has 4 N–H and O–H groups in total. The smallest absolute Gasteiger partial charge is 0.324 e. The minimum Gasteiger partial charge on any atom is -0.497 e. The number of phenols is 1. The number of aromatic amines is 1. The lowest BCUT2D eigenvalue weighted by Gasteiger charge is -2.07. The van der Waals surface area contributed by atoms with E-state index in [9.17, 15) is 40.5 Å². The van der Waals surface area contributed by atoms with Crippen LogP contribution in [0.25, 0.3) is 0 Å². The van der Waals surface area contributed by atoms with Gasteiger partial charge in [0, 0.05) is 19.3 Å². The fourth-order valence-electron chi connectivity index (χ4n) is 2.56. The highest BCUT2D eigenvalue weighted by molar-refractivity contribution is 5.64. The molecule has 0 aliphatic carbocycles. The van der Waals surface area contributed by atoms with Crippen LogP contribution in [-0.2, 0) is 6.42 Å². The van der Waals surface area contributed by atoms with E-state index < -0.39 is 42.5 Å². The van der Waals surface area contributed by atoms with Crippen LogP contribution in [0.3, 0.4) is 0 Å². The number of aromatic nitrogens is 2. The van der Waals surface area contributed by atoms with E-state index in [1.807, 2.05) is 6.92 Å². The monoisotopic (exact) mass is 482 g/mol. The van der Waals surface area contributed by atoms with Gasteiger partial charge < -0.3 is 20.7 Å². The molecule has 1 heterocycles.